The summed E-state index contributed by atoms with van der Waals surface area (Å²) in [6.07, 6.45) is 1.37. The number of aromatic nitrogens is 3. The van der Waals surface area contributed by atoms with Gasteiger partial charge in [-0.1, -0.05) is 19.9 Å². The van der Waals surface area contributed by atoms with E-state index in [-0.39, 0.29) is 30.2 Å². The Morgan fingerprint density at radius 1 is 1.36 bits per heavy atom. The van der Waals surface area contributed by atoms with Crippen LogP contribution in [0.3, 0.4) is 0 Å². The van der Waals surface area contributed by atoms with Gasteiger partial charge in [0.2, 0.25) is 5.91 Å². The quantitative estimate of drug-likeness (QED) is 0.883. The molecule has 1 aromatic heterocycles. The number of fused-ring (bicyclic) bond motifs is 1. The normalized spacial score (nSPS) is 14.0. The molecule has 0 radical (unpaired) electrons. The predicted molar refractivity (Wildman–Crippen MR) is 87.9 cm³/mol. The van der Waals surface area contributed by atoms with Crippen LogP contribution in [0.25, 0.3) is 0 Å². The highest BCUT2D eigenvalue weighted by Crippen LogP contribution is 2.34. The molecule has 2 aromatic rings. The molecule has 0 aliphatic carbocycles. The van der Waals surface area contributed by atoms with Gasteiger partial charge in [0.25, 0.3) is 5.82 Å². The van der Waals surface area contributed by atoms with Gasteiger partial charge in [0.05, 0.1) is 6.04 Å². The third-order valence-electron chi connectivity index (χ3n) is 3.85. The third kappa shape index (κ3) is 3.88. The number of hydrogen-bond acceptors (Lipinski definition) is 6. The van der Waals surface area contributed by atoms with Crippen molar-refractivity contribution in [3.8, 4) is 17.6 Å². The van der Waals surface area contributed by atoms with E-state index in [0.29, 0.717) is 19.0 Å². The fraction of sp³-hybridized carbons (Fsp3) is 0.412. The first kappa shape index (κ1) is 16.8. The Morgan fingerprint density at radius 3 is 2.80 bits per heavy atom. The van der Waals surface area contributed by atoms with Crippen molar-refractivity contribution in [3.63, 3.8) is 0 Å². The Balaban J connectivity index is 1.72. The van der Waals surface area contributed by atoms with Crippen molar-refractivity contribution < 1.29 is 14.3 Å². The van der Waals surface area contributed by atoms with Crippen molar-refractivity contribution in [2.75, 3.05) is 13.2 Å². The van der Waals surface area contributed by atoms with Gasteiger partial charge in [-0.25, -0.2) is 9.67 Å². The molecule has 1 amide bonds. The lowest BCUT2D eigenvalue weighted by Gasteiger charge is -2.25. The molecule has 1 N–H and O–H groups in total. The lowest BCUT2D eigenvalue weighted by Crippen LogP contribution is -2.34. The first-order chi connectivity index (χ1) is 12.1. The molecule has 130 valence electrons. The summed E-state index contributed by atoms with van der Waals surface area (Å²) in [5.74, 6) is 1.43. The van der Waals surface area contributed by atoms with Crippen LogP contribution in [0.5, 0.6) is 11.5 Å². The summed E-state index contributed by atoms with van der Waals surface area (Å²) >= 11 is 0. The zero-order valence-electron chi connectivity index (χ0n) is 14.1. The molecule has 0 saturated carbocycles. The lowest BCUT2D eigenvalue weighted by atomic mass is 9.95. The van der Waals surface area contributed by atoms with Crippen molar-refractivity contribution in [1.82, 2.24) is 20.1 Å². The van der Waals surface area contributed by atoms with Gasteiger partial charge in [0.15, 0.2) is 11.5 Å². The molecule has 0 unspecified atom stereocenters. The standard InChI is InChI=1S/C17H19N5O3/c1-11(2)17(12-3-4-13-14(7-12)25-6-5-24-13)20-16(23)9-22-10-19-15(8-18)21-22/h3-4,7,10-11,17H,5-6,9H2,1-2H3,(H,20,23)/t17-/m1/s1. The first-order valence-electron chi connectivity index (χ1n) is 8.05. The van der Waals surface area contributed by atoms with E-state index in [1.165, 1.54) is 11.0 Å². The monoisotopic (exact) mass is 341 g/mol. The number of ether oxygens (including phenoxy) is 2. The van der Waals surface area contributed by atoms with Crippen molar-refractivity contribution in [3.05, 3.63) is 35.9 Å². The summed E-state index contributed by atoms with van der Waals surface area (Å²) in [6.45, 7) is 5.13. The number of nitrogens with one attached hydrogen (secondary N) is 1. The maximum Gasteiger partial charge on any atom is 0.252 e. The molecule has 0 bridgehead atoms. The van der Waals surface area contributed by atoms with Crippen LogP contribution < -0.4 is 14.8 Å². The summed E-state index contributed by atoms with van der Waals surface area (Å²) < 4.78 is 12.5. The molecule has 1 aromatic carbocycles. The fourth-order valence-corrected chi connectivity index (χ4v) is 2.68. The molecule has 3 rings (SSSR count). The van der Waals surface area contributed by atoms with Crippen LogP contribution in [0, 0.1) is 17.2 Å². The largest absolute Gasteiger partial charge is 0.486 e. The molecule has 0 saturated heterocycles. The van der Waals surface area contributed by atoms with Gasteiger partial charge < -0.3 is 14.8 Å². The second-order valence-electron chi connectivity index (χ2n) is 6.07. The maximum absolute atomic E-state index is 12.3. The molecular formula is C17H19N5O3. The van der Waals surface area contributed by atoms with E-state index in [1.54, 1.807) is 0 Å². The summed E-state index contributed by atoms with van der Waals surface area (Å²) in [6, 6.07) is 7.36. The number of carbonyl (C=O) groups excluding carboxylic acids is 1. The molecule has 2 heterocycles. The summed E-state index contributed by atoms with van der Waals surface area (Å²) in [5, 5.41) is 15.6. The van der Waals surface area contributed by atoms with Crippen LogP contribution in [0.15, 0.2) is 24.5 Å². The van der Waals surface area contributed by atoms with Crippen LogP contribution in [0.1, 0.15) is 31.3 Å². The summed E-state index contributed by atoms with van der Waals surface area (Å²) in [7, 11) is 0. The zero-order valence-corrected chi connectivity index (χ0v) is 14.1. The second kappa shape index (κ2) is 7.21. The smallest absolute Gasteiger partial charge is 0.252 e. The third-order valence-corrected chi connectivity index (χ3v) is 3.85. The van der Waals surface area contributed by atoms with Crippen LogP contribution in [-0.2, 0) is 11.3 Å². The SMILES string of the molecule is CC(C)[C@@H](NC(=O)Cn1cnc(C#N)n1)c1ccc2c(c1)OCCO2. The van der Waals surface area contributed by atoms with Crippen LogP contribution in [0.2, 0.25) is 0 Å². The van der Waals surface area contributed by atoms with Crippen LogP contribution in [0.4, 0.5) is 0 Å². The number of carbonyl (C=O) groups is 1. The minimum absolute atomic E-state index is 0.00243. The molecule has 25 heavy (non-hydrogen) atoms. The number of rotatable bonds is 5. The van der Waals surface area contributed by atoms with E-state index in [0.717, 1.165) is 11.3 Å². The highest BCUT2D eigenvalue weighted by atomic mass is 16.6. The maximum atomic E-state index is 12.3. The summed E-state index contributed by atoms with van der Waals surface area (Å²) in [4.78, 5) is 16.1. The van der Waals surface area contributed by atoms with Gasteiger partial charge in [-0.2, -0.15) is 5.26 Å². The van der Waals surface area contributed by atoms with Gasteiger partial charge in [-0.15, -0.1) is 5.10 Å². The van der Waals surface area contributed by atoms with Crippen molar-refractivity contribution in [1.29, 1.82) is 5.26 Å². The van der Waals surface area contributed by atoms with Gasteiger partial charge in [-0.3, -0.25) is 4.79 Å². The van der Waals surface area contributed by atoms with E-state index in [1.807, 2.05) is 38.1 Å². The first-order valence-corrected chi connectivity index (χ1v) is 8.05. The average Bonchev–Trinajstić information content (AvgIpc) is 3.06. The second-order valence-corrected chi connectivity index (χ2v) is 6.07. The van der Waals surface area contributed by atoms with Gasteiger partial charge in [0, 0.05) is 0 Å². The van der Waals surface area contributed by atoms with Crippen molar-refractivity contribution in [2.24, 2.45) is 5.92 Å². The molecule has 8 nitrogen and oxygen atoms in total. The van der Waals surface area contributed by atoms with Crippen molar-refractivity contribution in [2.45, 2.75) is 26.4 Å². The lowest BCUT2D eigenvalue weighted by molar-refractivity contribution is -0.122. The van der Waals surface area contributed by atoms with Gasteiger partial charge >= 0.3 is 0 Å². The van der Waals surface area contributed by atoms with E-state index in [4.69, 9.17) is 14.7 Å². The van der Waals surface area contributed by atoms with E-state index in [9.17, 15) is 4.79 Å². The molecule has 8 heteroatoms. The topological polar surface area (TPSA) is 102 Å². The number of nitrogens with zero attached hydrogens (tertiary/aromatic N) is 4. The number of amides is 1. The zero-order chi connectivity index (χ0) is 17.8. The summed E-state index contributed by atoms with van der Waals surface area (Å²) in [5.41, 5.74) is 0.948. The van der Waals surface area contributed by atoms with E-state index < -0.39 is 0 Å². The van der Waals surface area contributed by atoms with E-state index >= 15 is 0 Å². The molecular weight excluding hydrogens is 322 g/mol. The number of hydrogen-bond donors (Lipinski definition) is 1. The minimum Gasteiger partial charge on any atom is -0.486 e. The molecule has 1 aliphatic rings. The highest BCUT2D eigenvalue weighted by molar-refractivity contribution is 5.76. The molecule has 1 aliphatic heterocycles. The Labute approximate surface area is 145 Å². The fourth-order valence-electron chi connectivity index (χ4n) is 2.68. The highest BCUT2D eigenvalue weighted by Gasteiger charge is 2.21. The Bertz CT molecular complexity index is 809. The predicted octanol–water partition coefficient (Wildman–Crippen LogP) is 1.43. The van der Waals surface area contributed by atoms with Gasteiger partial charge in [0.1, 0.15) is 32.2 Å². The average molecular weight is 341 g/mol. The Morgan fingerprint density at radius 2 is 2.12 bits per heavy atom. The Kier molecular flexibility index (Phi) is 4.84. The molecule has 0 fully saturated rings. The van der Waals surface area contributed by atoms with Gasteiger partial charge in [-0.05, 0) is 23.6 Å². The van der Waals surface area contributed by atoms with E-state index in [2.05, 4.69) is 15.4 Å². The molecule has 1 atom stereocenters. The Hall–Kier alpha value is -3.08. The van der Waals surface area contributed by atoms with Crippen molar-refractivity contribution >= 4 is 5.91 Å². The minimum atomic E-state index is -0.206. The number of nitriles is 1. The van der Waals surface area contributed by atoms with Crippen LogP contribution in [-0.4, -0.2) is 33.9 Å². The number of benzene rings is 1. The molecule has 0 spiro atoms. The van der Waals surface area contributed by atoms with Crippen LogP contribution >= 0.6 is 0 Å².